The molecular formula is C13H14ClN3O4S2. The predicted molar refractivity (Wildman–Crippen MR) is 85.5 cm³/mol. The number of nitrogens with zero attached hydrogens (tertiary/aromatic N) is 2. The smallest absolute Gasteiger partial charge is 0.325 e. The third kappa shape index (κ3) is 2.67. The van der Waals surface area contributed by atoms with Gasteiger partial charge in [0, 0.05) is 0 Å². The second-order valence-corrected chi connectivity index (χ2v) is 9.48. The molecule has 1 saturated carbocycles. The maximum absolute atomic E-state index is 12.5. The van der Waals surface area contributed by atoms with E-state index in [1.54, 1.807) is 26.1 Å². The van der Waals surface area contributed by atoms with Crippen molar-refractivity contribution >= 4 is 38.9 Å². The van der Waals surface area contributed by atoms with Gasteiger partial charge in [-0.25, -0.2) is 13.1 Å². The number of rotatable bonds is 5. The van der Waals surface area contributed by atoms with E-state index in [0.29, 0.717) is 10.0 Å². The van der Waals surface area contributed by atoms with Crippen LogP contribution in [0.2, 0.25) is 5.02 Å². The lowest BCUT2D eigenvalue weighted by Gasteiger charge is -2.16. The van der Waals surface area contributed by atoms with Gasteiger partial charge in [0.1, 0.15) is 14.7 Å². The topological polar surface area (TPSA) is 101 Å². The zero-order valence-corrected chi connectivity index (χ0v) is 14.7. The molecule has 2 aromatic heterocycles. The van der Waals surface area contributed by atoms with Gasteiger partial charge in [0.2, 0.25) is 0 Å². The molecule has 2 aromatic rings. The van der Waals surface area contributed by atoms with E-state index < -0.39 is 26.9 Å². The van der Waals surface area contributed by atoms with E-state index in [-0.39, 0.29) is 10.6 Å². The quantitative estimate of drug-likeness (QED) is 0.833. The van der Waals surface area contributed by atoms with Crippen LogP contribution in [0.4, 0.5) is 0 Å². The van der Waals surface area contributed by atoms with Crippen LogP contribution in [0.3, 0.4) is 0 Å². The minimum Gasteiger partial charge on any atom is -0.480 e. The van der Waals surface area contributed by atoms with Crippen LogP contribution in [-0.2, 0) is 14.8 Å². The number of carboxylic acids is 1. The van der Waals surface area contributed by atoms with Crippen molar-refractivity contribution in [3.05, 3.63) is 29.5 Å². The number of aliphatic carboxylic acids is 1. The first kappa shape index (κ1) is 16.4. The van der Waals surface area contributed by atoms with Crippen LogP contribution in [-0.4, -0.2) is 34.8 Å². The SMILES string of the molecule is CC1(C)C[C@@]1(NS(=O)(=O)c1ccc(-n2cc(Cl)cn2)s1)C(=O)O. The van der Waals surface area contributed by atoms with Crippen LogP contribution in [0.15, 0.2) is 28.7 Å². The molecule has 23 heavy (non-hydrogen) atoms. The molecule has 0 unspecified atom stereocenters. The maximum Gasteiger partial charge on any atom is 0.325 e. The van der Waals surface area contributed by atoms with Gasteiger partial charge in [0.25, 0.3) is 10.0 Å². The van der Waals surface area contributed by atoms with E-state index in [9.17, 15) is 18.3 Å². The van der Waals surface area contributed by atoms with Gasteiger partial charge in [0.05, 0.1) is 17.4 Å². The number of hydrogen-bond donors (Lipinski definition) is 2. The van der Waals surface area contributed by atoms with Crippen LogP contribution in [0.25, 0.3) is 5.00 Å². The van der Waals surface area contributed by atoms with Crippen LogP contribution in [0.5, 0.6) is 0 Å². The van der Waals surface area contributed by atoms with Crippen LogP contribution >= 0.6 is 22.9 Å². The minimum atomic E-state index is -3.94. The normalized spacial score (nSPS) is 22.9. The fraction of sp³-hybridized carbons (Fsp3) is 0.385. The average Bonchev–Trinajstić information content (AvgIpc) is 2.86. The molecule has 0 saturated heterocycles. The Hall–Kier alpha value is -1.42. The van der Waals surface area contributed by atoms with Crippen LogP contribution < -0.4 is 4.72 Å². The first-order valence-corrected chi connectivity index (χ1v) is 9.33. The standard InChI is InChI=1S/C13H14ClN3O4S2/c1-12(2)7-13(12,11(18)19)16-23(20,21)10-4-3-9(22-10)17-6-8(14)5-15-17/h3-6,16H,7H2,1-2H3,(H,18,19)/t13-/m1/s1. The van der Waals surface area contributed by atoms with E-state index in [0.717, 1.165) is 11.3 Å². The molecule has 7 nitrogen and oxygen atoms in total. The molecule has 0 bridgehead atoms. The average molecular weight is 376 g/mol. The van der Waals surface area contributed by atoms with E-state index in [1.807, 2.05) is 0 Å². The molecule has 3 rings (SSSR count). The minimum absolute atomic E-state index is 0.0300. The Morgan fingerprint density at radius 1 is 1.48 bits per heavy atom. The monoisotopic (exact) mass is 375 g/mol. The lowest BCUT2D eigenvalue weighted by molar-refractivity contribution is -0.141. The molecule has 1 fully saturated rings. The fourth-order valence-corrected chi connectivity index (χ4v) is 5.35. The van der Waals surface area contributed by atoms with Gasteiger partial charge >= 0.3 is 5.97 Å². The third-order valence-electron chi connectivity index (χ3n) is 4.02. The second-order valence-electron chi connectivity index (χ2n) is 6.07. The van der Waals surface area contributed by atoms with E-state index in [1.165, 1.54) is 16.9 Å². The Morgan fingerprint density at radius 2 is 2.13 bits per heavy atom. The number of thiophene rings is 1. The lowest BCUT2D eigenvalue weighted by atomic mass is 10.1. The van der Waals surface area contributed by atoms with Gasteiger partial charge in [-0.05, 0) is 24.0 Å². The van der Waals surface area contributed by atoms with Crippen molar-refractivity contribution in [1.29, 1.82) is 0 Å². The number of nitrogens with one attached hydrogen (secondary N) is 1. The molecule has 0 amide bonds. The molecule has 1 atom stereocenters. The van der Waals surface area contributed by atoms with E-state index in [2.05, 4.69) is 9.82 Å². The Kier molecular flexibility index (Phi) is 3.60. The number of halogens is 1. The Balaban J connectivity index is 1.90. The first-order chi connectivity index (χ1) is 10.6. The number of carboxylic acid groups (broad SMARTS) is 1. The maximum atomic E-state index is 12.5. The number of carbonyl (C=O) groups is 1. The summed E-state index contributed by atoms with van der Waals surface area (Å²) in [6.07, 6.45) is 3.25. The summed E-state index contributed by atoms with van der Waals surface area (Å²) < 4.78 is 28.9. The second kappa shape index (κ2) is 5.04. The molecule has 1 aliphatic rings. The van der Waals surface area contributed by atoms with Crippen molar-refractivity contribution in [3.63, 3.8) is 0 Å². The van der Waals surface area contributed by atoms with Gasteiger partial charge in [0.15, 0.2) is 0 Å². The largest absolute Gasteiger partial charge is 0.480 e. The number of aromatic nitrogens is 2. The molecule has 10 heteroatoms. The Labute approximate surface area is 141 Å². The van der Waals surface area contributed by atoms with Crippen molar-refractivity contribution in [2.24, 2.45) is 5.41 Å². The Morgan fingerprint density at radius 3 is 2.61 bits per heavy atom. The molecule has 124 valence electrons. The lowest BCUT2D eigenvalue weighted by Crippen LogP contribution is -2.46. The predicted octanol–water partition coefficient (Wildman–Crippen LogP) is 2.12. The summed E-state index contributed by atoms with van der Waals surface area (Å²) in [5, 5.41) is 14.4. The van der Waals surface area contributed by atoms with Gasteiger partial charge in [-0.1, -0.05) is 25.4 Å². The molecule has 2 N–H and O–H groups in total. The number of hydrogen-bond acceptors (Lipinski definition) is 5. The molecule has 2 heterocycles. The third-order valence-corrected chi connectivity index (χ3v) is 7.28. The zero-order chi connectivity index (χ0) is 17.0. The highest BCUT2D eigenvalue weighted by Gasteiger charge is 2.68. The summed E-state index contributed by atoms with van der Waals surface area (Å²) in [4.78, 5) is 11.5. The summed E-state index contributed by atoms with van der Waals surface area (Å²) in [6.45, 7) is 3.43. The number of sulfonamides is 1. The van der Waals surface area contributed by atoms with Crippen molar-refractivity contribution < 1.29 is 18.3 Å². The van der Waals surface area contributed by atoms with Gasteiger partial charge in [-0.2, -0.15) is 9.82 Å². The highest BCUT2D eigenvalue weighted by atomic mass is 35.5. The first-order valence-electron chi connectivity index (χ1n) is 6.65. The van der Waals surface area contributed by atoms with E-state index in [4.69, 9.17) is 11.6 Å². The molecule has 1 aliphatic carbocycles. The van der Waals surface area contributed by atoms with Crippen molar-refractivity contribution in [3.8, 4) is 5.00 Å². The molecule has 0 aliphatic heterocycles. The molecule has 0 radical (unpaired) electrons. The van der Waals surface area contributed by atoms with Crippen molar-refractivity contribution in [2.45, 2.75) is 30.0 Å². The molecular weight excluding hydrogens is 362 g/mol. The van der Waals surface area contributed by atoms with Crippen molar-refractivity contribution in [2.75, 3.05) is 0 Å². The Bertz CT molecular complexity index is 887. The highest BCUT2D eigenvalue weighted by molar-refractivity contribution is 7.91. The van der Waals surface area contributed by atoms with Gasteiger partial charge in [-0.15, -0.1) is 11.3 Å². The zero-order valence-electron chi connectivity index (χ0n) is 12.3. The summed E-state index contributed by atoms with van der Waals surface area (Å²) >= 11 is 6.78. The van der Waals surface area contributed by atoms with Crippen LogP contribution in [0.1, 0.15) is 20.3 Å². The molecule has 0 aromatic carbocycles. The van der Waals surface area contributed by atoms with Gasteiger partial charge < -0.3 is 5.11 Å². The van der Waals surface area contributed by atoms with E-state index >= 15 is 0 Å². The van der Waals surface area contributed by atoms with Gasteiger partial charge in [-0.3, -0.25) is 4.79 Å². The fourth-order valence-electron chi connectivity index (χ4n) is 2.48. The molecule has 0 spiro atoms. The van der Waals surface area contributed by atoms with Crippen LogP contribution in [0, 0.1) is 5.41 Å². The summed E-state index contributed by atoms with van der Waals surface area (Å²) in [5.74, 6) is -1.17. The summed E-state index contributed by atoms with van der Waals surface area (Å²) in [6, 6.07) is 3.01. The summed E-state index contributed by atoms with van der Waals surface area (Å²) in [5.41, 5.74) is -2.08. The van der Waals surface area contributed by atoms with Crippen molar-refractivity contribution in [1.82, 2.24) is 14.5 Å². The summed E-state index contributed by atoms with van der Waals surface area (Å²) in [7, 11) is -3.94. The highest BCUT2D eigenvalue weighted by Crippen LogP contribution is 2.56.